The first kappa shape index (κ1) is 15.8. The minimum atomic E-state index is -0.593. The summed E-state index contributed by atoms with van der Waals surface area (Å²) in [7, 11) is 3.29. The standard InChI is InChI=1S/C15H20N2O3/c1-5-10-20-13-9-7-6-8-12(13)14(18)16-11(2)15(19)17(3)4/h5-9,11H,1,10H2,2-4H3,(H,16,18). The molecule has 0 heterocycles. The summed E-state index contributed by atoms with van der Waals surface area (Å²) in [6.07, 6.45) is 1.60. The first-order valence-electron chi connectivity index (χ1n) is 6.32. The van der Waals surface area contributed by atoms with Crippen LogP contribution in [0.15, 0.2) is 36.9 Å². The van der Waals surface area contributed by atoms with Gasteiger partial charge in [0.25, 0.3) is 5.91 Å². The molecule has 20 heavy (non-hydrogen) atoms. The lowest BCUT2D eigenvalue weighted by Gasteiger charge is -2.18. The smallest absolute Gasteiger partial charge is 0.255 e. The fourth-order valence-electron chi connectivity index (χ4n) is 1.65. The molecular weight excluding hydrogens is 256 g/mol. The third kappa shape index (κ3) is 4.12. The molecule has 0 aliphatic rings. The quantitative estimate of drug-likeness (QED) is 0.800. The Kier molecular flexibility index (Phi) is 5.77. The monoisotopic (exact) mass is 276 g/mol. The van der Waals surface area contributed by atoms with Gasteiger partial charge in [-0.2, -0.15) is 0 Å². The SMILES string of the molecule is C=CCOc1ccccc1C(=O)NC(C)C(=O)N(C)C. The van der Waals surface area contributed by atoms with Crippen LogP contribution in [0.25, 0.3) is 0 Å². The van der Waals surface area contributed by atoms with Crippen molar-refractivity contribution < 1.29 is 14.3 Å². The Bertz CT molecular complexity index is 498. The molecule has 0 saturated heterocycles. The topological polar surface area (TPSA) is 58.6 Å². The average Bonchev–Trinajstić information content (AvgIpc) is 2.44. The van der Waals surface area contributed by atoms with Crippen molar-refractivity contribution in [2.75, 3.05) is 20.7 Å². The van der Waals surface area contributed by atoms with Crippen LogP contribution in [-0.4, -0.2) is 43.5 Å². The van der Waals surface area contributed by atoms with Gasteiger partial charge < -0.3 is 15.0 Å². The van der Waals surface area contributed by atoms with Gasteiger partial charge in [0.1, 0.15) is 18.4 Å². The van der Waals surface area contributed by atoms with Crippen LogP contribution in [0.3, 0.4) is 0 Å². The summed E-state index contributed by atoms with van der Waals surface area (Å²) in [5, 5.41) is 2.66. The number of hydrogen-bond donors (Lipinski definition) is 1. The fraction of sp³-hybridized carbons (Fsp3) is 0.333. The number of carbonyl (C=O) groups is 2. The van der Waals surface area contributed by atoms with Crippen molar-refractivity contribution in [2.45, 2.75) is 13.0 Å². The third-order valence-corrected chi connectivity index (χ3v) is 2.65. The molecule has 0 fully saturated rings. The molecule has 2 amide bonds. The van der Waals surface area contributed by atoms with E-state index in [1.54, 1.807) is 51.4 Å². The molecule has 1 rings (SSSR count). The number of rotatable bonds is 6. The minimum absolute atomic E-state index is 0.164. The van der Waals surface area contributed by atoms with E-state index >= 15 is 0 Å². The van der Waals surface area contributed by atoms with Crippen molar-refractivity contribution in [3.63, 3.8) is 0 Å². The molecule has 0 saturated carbocycles. The van der Waals surface area contributed by atoms with E-state index in [-0.39, 0.29) is 11.8 Å². The van der Waals surface area contributed by atoms with Crippen molar-refractivity contribution in [3.05, 3.63) is 42.5 Å². The molecule has 108 valence electrons. The molecule has 1 aromatic carbocycles. The van der Waals surface area contributed by atoms with Gasteiger partial charge in [0.15, 0.2) is 0 Å². The molecule has 0 aliphatic carbocycles. The second-order valence-corrected chi connectivity index (χ2v) is 4.52. The predicted molar refractivity (Wildman–Crippen MR) is 77.8 cm³/mol. The van der Waals surface area contributed by atoms with Crippen molar-refractivity contribution in [1.82, 2.24) is 10.2 Å². The van der Waals surface area contributed by atoms with Gasteiger partial charge in [0.05, 0.1) is 5.56 Å². The molecule has 1 N–H and O–H groups in total. The first-order chi connectivity index (χ1) is 9.47. The number of benzene rings is 1. The van der Waals surface area contributed by atoms with Gasteiger partial charge in [-0.3, -0.25) is 9.59 Å². The van der Waals surface area contributed by atoms with Crippen molar-refractivity contribution in [2.24, 2.45) is 0 Å². The maximum absolute atomic E-state index is 12.2. The summed E-state index contributed by atoms with van der Waals surface area (Å²) < 4.78 is 5.42. The molecule has 5 heteroatoms. The zero-order chi connectivity index (χ0) is 15.1. The summed E-state index contributed by atoms with van der Waals surface area (Å²) in [4.78, 5) is 25.3. The van der Waals surface area contributed by atoms with E-state index in [1.165, 1.54) is 4.90 Å². The van der Waals surface area contributed by atoms with Gasteiger partial charge in [0.2, 0.25) is 5.91 Å². The first-order valence-corrected chi connectivity index (χ1v) is 6.32. The number of carbonyl (C=O) groups excluding carboxylic acids is 2. The molecule has 0 aromatic heterocycles. The Labute approximate surface area is 119 Å². The van der Waals surface area contributed by atoms with Crippen LogP contribution < -0.4 is 10.1 Å². The fourth-order valence-corrected chi connectivity index (χ4v) is 1.65. The Morgan fingerprint density at radius 3 is 2.65 bits per heavy atom. The van der Waals surface area contributed by atoms with E-state index < -0.39 is 6.04 Å². The minimum Gasteiger partial charge on any atom is -0.489 e. The molecule has 0 spiro atoms. The lowest BCUT2D eigenvalue weighted by molar-refractivity contribution is -0.130. The van der Waals surface area contributed by atoms with E-state index in [9.17, 15) is 9.59 Å². The normalized spacial score (nSPS) is 11.3. The zero-order valence-electron chi connectivity index (χ0n) is 12.1. The number of amides is 2. The summed E-state index contributed by atoms with van der Waals surface area (Å²) in [5.41, 5.74) is 0.396. The zero-order valence-corrected chi connectivity index (χ0v) is 12.1. The molecule has 0 radical (unpaired) electrons. The van der Waals surface area contributed by atoms with Crippen LogP contribution >= 0.6 is 0 Å². The highest BCUT2D eigenvalue weighted by Gasteiger charge is 2.19. The number of para-hydroxylation sites is 1. The largest absolute Gasteiger partial charge is 0.489 e. The number of hydrogen-bond acceptors (Lipinski definition) is 3. The number of likely N-dealkylation sites (N-methyl/N-ethyl adjacent to an activating group) is 1. The maximum atomic E-state index is 12.2. The molecule has 0 aliphatic heterocycles. The highest BCUT2D eigenvalue weighted by Crippen LogP contribution is 2.18. The molecule has 1 aromatic rings. The Balaban J connectivity index is 2.82. The lowest BCUT2D eigenvalue weighted by atomic mass is 10.1. The van der Waals surface area contributed by atoms with Crippen LogP contribution in [-0.2, 0) is 4.79 Å². The number of nitrogens with one attached hydrogen (secondary N) is 1. The number of ether oxygens (including phenoxy) is 1. The Hall–Kier alpha value is -2.30. The number of nitrogens with zero attached hydrogens (tertiary/aromatic N) is 1. The van der Waals surface area contributed by atoms with Gasteiger partial charge in [-0.25, -0.2) is 0 Å². The molecule has 0 bridgehead atoms. The van der Waals surface area contributed by atoms with E-state index in [0.29, 0.717) is 17.9 Å². The van der Waals surface area contributed by atoms with E-state index in [0.717, 1.165) is 0 Å². The van der Waals surface area contributed by atoms with Crippen LogP contribution in [0, 0.1) is 0 Å². The van der Waals surface area contributed by atoms with Crippen LogP contribution in [0.1, 0.15) is 17.3 Å². The van der Waals surface area contributed by atoms with Gasteiger partial charge in [0, 0.05) is 14.1 Å². The predicted octanol–water partition coefficient (Wildman–Crippen LogP) is 1.46. The molecule has 5 nitrogen and oxygen atoms in total. The Morgan fingerprint density at radius 2 is 2.05 bits per heavy atom. The average molecular weight is 276 g/mol. The third-order valence-electron chi connectivity index (χ3n) is 2.65. The summed E-state index contributed by atoms with van der Waals surface area (Å²) in [6, 6.07) is 6.29. The maximum Gasteiger partial charge on any atom is 0.255 e. The van der Waals surface area contributed by atoms with Crippen molar-refractivity contribution in [1.29, 1.82) is 0 Å². The van der Waals surface area contributed by atoms with Crippen LogP contribution in [0.4, 0.5) is 0 Å². The van der Waals surface area contributed by atoms with E-state index in [1.807, 2.05) is 0 Å². The lowest BCUT2D eigenvalue weighted by Crippen LogP contribution is -2.44. The summed E-state index contributed by atoms with van der Waals surface area (Å²) in [5.74, 6) is -0.0374. The van der Waals surface area contributed by atoms with Gasteiger partial charge >= 0.3 is 0 Å². The molecular formula is C15H20N2O3. The van der Waals surface area contributed by atoms with Crippen molar-refractivity contribution >= 4 is 11.8 Å². The van der Waals surface area contributed by atoms with Crippen LogP contribution in [0.5, 0.6) is 5.75 Å². The van der Waals surface area contributed by atoms with Crippen LogP contribution in [0.2, 0.25) is 0 Å². The van der Waals surface area contributed by atoms with E-state index in [4.69, 9.17) is 4.74 Å². The highest BCUT2D eigenvalue weighted by atomic mass is 16.5. The molecule has 1 unspecified atom stereocenters. The van der Waals surface area contributed by atoms with Gasteiger partial charge in [-0.1, -0.05) is 24.8 Å². The second-order valence-electron chi connectivity index (χ2n) is 4.52. The summed E-state index contributed by atoms with van der Waals surface area (Å²) >= 11 is 0. The highest BCUT2D eigenvalue weighted by molar-refractivity contribution is 5.99. The van der Waals surface area contributed by atoms with Gasteiger partial charge in [-0.15, -0.1) is 0 Å². The second kappa shape index (κ2) is 7.33. The summed E-state index contributed by atoms with van der Waals surface area (Å²) in [6.45, 7) is 5.53. The van der Waals surface area contributed by atoms with Gasteiger partial charge in [-0.05, 0) is 19.1 Å². The van der Waals surface area contributed by atoms with E-state index in [2.05, 4.69) is 11.9 Å². The molecule has 1 atom stereocenters. The van der Waals surface area contributed by atoms with Crippen molar-refractivity contribution in [3.8, 4) is 5.75 Å². The Morgan fingerprint density at radius 1 is 1.40 bits per heavy atom.